The fraction of sp³-hybridized carbons (Fsp3) is 0.333. The number of aliphatic hydroxyl groups excluding tert-OH is 1. The van der Waals surface area contributed by atoms with Gasteiger partial charge in [0.05, 0.1) is 6.10 Å². The molecule has 2 unspecified atom stereocenters. The Morgan fingerprint density at radius 2 is 1.86 bits per heavy atom. The first-order valence-corrected chi connectivity index (χ1v) is 7.87. The summed E-state index contributed by atoms with van der Waals surface area (Å²) in [6.07, 6.45) is 1.34. The lowest BCUT2D eigenvalue weighted by molar-refractivity contribution is 0.170. The number of benzene rings is 2. The van der Waals surface area contributed by atoms with Crippen molar-refractivity contribution in [3.63, 3.8) is 0 Å². The molecule has 0 aliphatic heterocycles. The van der Waals surface area contributed by atoms with Crippen molar-refractivity contribution in [3.05, 3.63) is 64.7 Å². The Hall–Kier alpha value is -1.55. The Morgan fingerprint density at radius 1 is 1.14 bits per heavy atom. The number of nitrogens with one attached hydrogen (secondary N) is 1. The Morgan fingerprint density at radius 3 is 2.55 bits per heavy atom. The summed E-state index contributed by atoms with van der Waals surface area (Å²) < 4.78 is 0. The molecule has 2 rings (SSSR count). The van der Waals surface area contributed by atoms with Gasteiger partial charge in [-0.1, -0.05) is 35.9 Å². The average Bonchev–Trinajstić information content (AvgIpc) is 2.52. The summed E-state index contributed by atoms with van der Waals surface area (Å²) in [5.74, 6) is 0.291. The van der Waals surface area contributed by atoms with Gasteiger partial charge in [-0.3, -0.25) is 0 Å². The molecular formula is C18H22ClNO2. The van der Waals surface area contributed by atoms with Crippen LogP contribution in [-0.2, 0) is 6.42 Å². The maximum atomic E-state index is 10.2. The topological polar surface area (TPSA) is 52.5 Å². The highest BCUT2D eigenvalue weighted by atomic mass is 35.5. The van der Waals surface area contributed by atoms with Crippen molar-refractivity contribution >= 4 is 11.6 Å². The van der Waals surface area contributed by atoms with Crippen molar-refractivity contribution in [1.82, 2.24) is 5.32 Å². The Labute approximate surface area is 136 Å². The molecular weight excluding hydrogens is 298 g/mol. The number of phenolic OH excluding ortho intramolecular Hbond substituents is 1. The summed E-state index contributed by atoms with van der Waals surface area (Å²) >= 11 is 5.93. The molecule has 0 radical (unpaired) electrons. The normalized spacial score (nSPS) is 13.8. The summed E-state index contributed by atoms with van der Waals surface area (Å²) in [4.78, 5) is 0. The van der Waals surface area contributed by atoms with Crippen LogP contribution in [0.5, 0.6) is 5.75 Å². The SMILES string of the molecule is CC(CCc1ccc(O)cc1)NCC(O)c1cccc(Cl)c1. The maximum Gasteiger partial charge on any atom is 0.115 e. The molecule has 0 amide bonds. The van der Waals surface area contributed by atoms with Crippen molar-refractivity contribution in [2.24, 2.45) is 0 Å². The van der Waals surface area contributed by atoms with Crippen molar-refractivity contribution in [3.8, 4) is 5.75 Å². The Kier molecular flexibility index (Phi) is 6.25. The van der Waals surface area contributed by atoms with Crippen LogP contribution in [0.2, 0.25) is 5.02 Å². The van der Waals surface area contributed by atoms with Crippen LogP contribution < -0.4 is 5.32 Å². The molecule has 3 N–H and O–H groups in total. The molecule has 3 nitrogen and oxygen atoms in total. The zero-order chi connectivity index (χ0) is 15.9. The Bertz CT molecular complexity index is 586. The molecule has 118 valence electrons. The quantitative estimate of drug-likeness (QED) is 0.729. The monoisotopic (exact) mass is 319 g/mol. The molecule has 0 fully saturated rings. The second-order valence-electron chi connectivity index (χ2n) is 5.59. The molecule has 0 aliphatic carbocycles. The van der Waals surface area contributed by atoms with E-state index in [1.165, 1.54) is 5.56 Å². The van der Waals surface area contributed by atoms with Crippen LogP contribution in [0.3, 0.4) is 0 Å². The molecule has 0 heterocycles. The van der Waals surface area contributed by atoms with Crippen molar-refractivity contribution in [2.75, 3.05) is 6.54 Å². The zero-order valence-electron chi connectivity index (χ0n) is 12.7. The minimum atomic E-state index is -0.560. The van der Waals surface area contributed by atoms with E-state index in [1.54, 1.807) is 24.3 Å². The van der Waals surface area contributed by atoms with Gasteiger partial charge in [0.2, 0.25) is 0 Å². The highest BCUT2D eigenvalue weighted by Gasteiger charge is 2.10. The van der Waals surface area contributed by atoms with E-state index in [2.05, 4.69) is 12.2 Å². The third kappa shape index (κ3) is 5.34. The fourth-order valence-corrected chi connectivity index (χ4v) is 2.49. The highest BCUT2D eigenvalue weighted by molar-refractivity contribution is 6.30. The molecule has 0 spiro atoms. The predicted molar refractivity (Wildman–Crippen MR) is 90.3 cm³/mol. The molecule has 0 saturated carbocycles. The lowest BCUT2D eigenvalue weighted by Crippen LogP contribution is -2.30. The van der Waals surface area contributed by atoms with Crippen LogP contribution in [-0.4, -0.2) is 22.8 Å². The van der Waals surface area contributed by atoms with Gasteiger partial charge in [0.25, 0.3) is 0 Å². The first-order valence-electron chi connectivity index (χ1n) is 7.49. The standard InChI is InChI=1S/C18H22ClNO2/c1-13(5-6-14-7-9-17(21)10-8-14)20-12-18(22)15-3-2-4-16(19)11-15/h2-4,7-11,13,18,20-22H,5-6,12H2,1H3. The lowest BCUT2D eigenvalue weighted by Gasteiger charge is -2.17. The number of rotatable bonds is 7. The van der Waals surface area contributed by atoms with Crippen LogP contribution in [0.4, 0.5) is 0 Å². The molecule has 2 aromatic carbocycles. The van der Waals surface area contributed by atoms with Crippen molar-refractivity contribution in [2.45, 2.75) is 31.9 Å². The second kappa shape index (κ2) is 8.18. The van der Waals surface area contributed by atoms with Crippen molar-refractivity contribution < 1.29 is 10.2 Å². The van der Waals surface area contributed by atoms with Gasteiger partial charge in [-0.15, -0.1) is 0 Å². The van der Waals surface area contributed by atoms with Gasteiger partial charge in [-0.25, -0.2) is 0 Å². The third-order valence-electron chi connectivity index (χ3n) is 3.70. The number of hydrogen-bond acceptors (Lipinski definition) is 3. The van der Waals surface area contributed by atoms with Gasteiger partial charge in [-0.05, 0) is 55.2 Å². The summed E-state index contributed by atoms with van der Waals surface area (Å²) in [6, 6.07) is 14.9. The lowest BCUT2D eigenvalue weighted by atomic mass is 10.1. The number of hydrogen-bond donors (Lipinski definition) is 3. The second-order valence-corrected chi connectivity index (χ2v) is 6.02. The molecule has 0 aliphatic rings. The molecule has 4 heteroatoms. The average molecular weight is 320 g/mol. The van der Waals surface area contributed by atoms with Crippen LogP contribution in [0.25, 0.3) is 0 Å². The van der Waals surface area contributed by atoms with E-state index < -0.39 is 6.10 Å². The molecule has 2 atom stereocenters. The minimum Gasteiger partial charge on any atom is -0.508 e. The number of aliphatic hydroxyl groups is 1. The number of phenols is 1. The molecule has 0 bridgehead atoms. The first-order chi connectivity index (χ1) is 10.5. The minimum absolute atomic E-state index is 0.291. The van der Waals surface area contributed by atoms with Crippen LogP contribution in [0.1, 0.15) is 30.6 Å². The summed E-state index contributed by atoms with van der Waals surface area (Å²) in [5.41, 5.74) is 2.02. The molecule has 0 aromatic heterocycles. The highest BCUT2D eigenvalue weighted by Crippen LogP contribution is 2.17. The fourth-order valence-electron chi connectivity index (χ4n) is 2.29. The van der Waals surface area contributed by atoms with Crippen LogP contribution >= 0.6 is 11.6 Å². The largest absolute Gasteiger partial charge is 0.508 e. The van der Waals surface area contributed by atoms with Gasteiger partial charge >= 0.3 is 0 Å². The third-order valence-corrected chi connectivity index (χ3v) is 3.93. The van der Waals surface area contributed by atoms with Crippen molar-refractivity contribution in [1.29, 1.82) is 0 Å². The van der Waals surface area contributed by atoms with E-state index in [4.69, 9.17) is 11.6 Å². The zero-order valence-corrected chi connectivity index (χ0v) is 13.4. The van der Waals surface area contributed by atoms with E-state index in [0.717, 1.165) is 18.4 Å². The maximum absolute atomic E-state index is 10.2. The molecule has 2 aromatic rings. The van der Waals surface area contributed by atoms with E-state index in [1.807, 2.05) is 24.3 Å². The van der Waals surface area contributed by atoms with E-state index in [-0.39, 0.29) is 0 Å². The summed E-state index contributed by atoms with van der Waals surface area (Å²) in [7, 11) is 0. The summed E-state index contributed by atoms with van der Waals surface area (Å²) in [5, 5.41) is 23.4. The van der Waals surface area contributed by atoms with Gasteiger partial charge in [-0.2, -0.15) is 0 Å². The predicted octanol–water partition coefficient (Wildman–Crippen LogP) is 3.69. The number of halogens is 1. The van der Waals surface area contributed by atoms with E-state index in [0.29, 0.717) is 23.4 Å². The number of aromatic hydroxyl groups is 1. The van der Waals surface area contributed by atoms with E-state index >= 15 is 0 Å². The van der Waals surface area contributed by atoms with Crippen LogP contribution in [0, 0.1) is 0 Å². The molecule has 0 saturated heterocycles. The smallest absolute Gasteiger partial charge is 0.115 e. The van der Waals surface area contributed by atoms with Gasteiger partial charge < -0.3 is 15.5 Å². The van der Waals surface area contributed by atoms with Crippen LogP contribution in [0.15, 0.2) is 48.5 Å². The van der Waals surface area contributed by atoms with Gasteiger partial charge in [0.15, 0.2) is 0 Å². The van der Waals surface area contributed by atoms with E-state index in [9.17, 15) is 10.2 Å². The van der Waals surface area contributed by atoms with Gasteiger partial charge in [0, 0.05) is 17.6 Å². The Balaban J connectivity index is 1.75. The number of aryl methyl sites for hydroxylation is 1. The first kappa shape index (κ1) is 16.8. The molecule has 22 heavy (non-hydrogen) atoms. The summed E-state index contributed by atoms with van der Waals surface area (Å²) in [6.45, 7) is 2.60. The van der Waals surface area contributed by atoms with Gasteiger partial charge in [0.1, 0.15) is 5.75 Å².